The van der Waals surface area contributed by atoms with Crippen molar-refractivity contribution in [2.75, 3.05) is 0 Å². The van der Waals surface area contributed by atoms with Crippen LogP contribution in [-0.4, -0.2) is 0 Å². The third-order valence-electron chi connectivity index (χ3n) is 1.45. The zero-order valence-electron chi connectivity index (χ0n) is 5.17. The van der Waals surface area contributed by atoms with Gasteiger partial charge in [0.05, 0.1) is 0 Å². The molecular weight excluding hydrogens is 148 g/mol. The number of hydrogen-bond acceptors (Lipinski definition) is 1. The first-order valence-electron chi connectivity index (χ1n) is 2.99. The van der Waals surface area contributed by atoms with Crippen LogP contribution in [0.1, 0.15) is 0 Å². The van der Waals surface area contributed by atoms with Crippen LogP contribution in [0.2, 0.25) is 5.22 Å². The van der Waals surface area contributed by atoms with Gasteiger partial charge in [-0.05, 0) is 17.2 Å². The molecule has 0 fully saturated rings. The van der Waals surface area contributed by atoms with Gasteiger partial charge in [0.1, 0.15) is 6.26 Å². The van der Waals surface area contributed by atoms with Gasteiger partial charge in [0, 0.05) is 11.6 Å². The van der Waals surface area contributed by atoms with Crippen molar-refractivity contribution in [2.45, 2.75) is 0 Å². The van der Waals surface area contributed by atoms with E-state index < -0.39 is 0 Å². The first-order chi connectivity index (χ1) is 4.86. The lowest BCUT2D eigenvalue weighted by Crippen LogP contribution is -1.70. The molecule has 0 saturated carbocycles. The second kappa shape index (κ2) is 2.03. The van der Waals surface area contributed by atoms with E-state index in [0.717, 1.165) is 11.1 Å². The van der Waals surface area contributed by atoms with Crippen molar-refractivity contribution in [1.29, 1.82) is 0 Å². The third-order valence-corrected chi connectivity index (χ3v) is 1.65. The molecule has 0 aromatic carbocycles. The molecule has 1 nitrogen and oxygen atoms in total. The van der Waals surface area contributed by atoms with Gasteiger partial charge in [-0.15, -0.1) is 0 Å². The fourth-order valence-electron chi connectivity index (χ4n) is 0.963. The molecule has 1 heterocycles. The van der Waals surface area contributed by atoms with Crippen molar-refractivity contribution in [3.8, 4) is 11.1 Å². The van der Waals surface area contributed by atoms with E-state index in [1.807, 2.05) is 18.2 Å². The average Bonchev–Trinajstić information content (AvgIpc) is 2.33. The number of hydrogen-bond donors (Lipinski definition) is 0. The maximum atomic E-state index is 5.61. The van der Waals surface area contributed by atoms with Crippen molar-refractivity contribution < 1.29 is 4.42 Å². The molecule has 0 atom stereocenters. The highest BCUT2D eigenvalue weighted by molar-refractivity contribution is 6.29. The minimum absolute atomic E-state index is 0.429. The third kappa shape index (κ3) is 0.792. The zero-order valence-corrected chi connectivity index (χ0v) is 5.93. The van der Waals surface area contributed by atoms with Gasteiger partial charge in [-0.25, -0.2) is 0 Å². The summed E-state index contributed by atoms with van der Waals surface area (Å²) in [6.07, 6.45) is 1.65. The topological polar surface area (TPSA) is 13.1 Å². The van der Waals surface area contributed by atoms with Crippen LogP contribution in [0.15, 0.2) is 34.9 Å². The molecule has 0 bridgehead atoms. The predicted molar refractivity (Wildman–Crippen MR) is 40.3 cm³/mol. The van der Waals surface area contributed by atoms with Crippen molar-refractivity contribution in [3.63, 3.8) is 0 Å². The standard InChI is InChI=1S/C8H5ClO/c9-8-4-6-2-1-3-7(6)5-10-8/h1-5H. The first-order valence-corrected chi connectivity index (χ1v) is 3.37. The Labute approximate surface area is 63.6 Å². The number of rotatable bonds is 0. The van der Waals surface area contributed by atoms with Crippen LogP contribution >= 0.6 is 11.6 Å². The molecule has 0 N–H and O–H groups in total. The lowest BCUT2D eigenvalue weighted by atomic mass is 10.2. The highest BCUT2D eigenvalue weighted by Crippen LogP contribution is 2.25. The van der Waals surface area contributed by atoms with E-state index in [1.165, 1.54) is 0 Å². The molecule has 2 aliphatic rings. The lowest BCUT2D eigenvalue weighted by molar-refractivity contribution is 0.554. The Hall–Kier alpha value is -0.950. The van der Waals surface area contributed by atoms with Crippen LogP contribution in [-0.2, 0) is 0 Å². The van der Waals surface area contributed by atoms with Crippen molar-refractivity contribution in [3.05, 3.63) is 35.7 Å². The van der Waals surface area contributed by atoms with Crippen LogP contribution in [0.4, 0.5) is 0 Å². The summed E-state index contributed by atoms with van der Waals surface area (Å²) in [7, 11) is 0. The second-order valence-electron chi connectivity index (χ2n) is 2.12. The Bertz CT molecular complexity index is 313. The molecule has 0 aromatic heterocycles. The van der Waals surface area contributed by atoms with Gasteiger partial charge in [0.25, 0.3) is 0 Å². The lowest BCUT2D eigenvalue weighted by Gasteiger charge is -1.95. The number of halogens is 1. The summed E-state index contributed by atoms with van der Waals surface area (Å²) in [6, 6.07) is 7.75. The second-order valence-corrected chi connectivity index (χ2v) is 2.49. The minimum atomic E-state index is 0.429. The Kier molecular flexibility index (Phi) is 1.18. The molecule has 0 radical (unpaired) electrons. The van der Waals surface area contributed by atoms with E-state index in [-0.39, 0.29) is 0 Å². The Balaban J connectivity index is 2.75. The van der Waals surface area contributed by atoms with E-state index in [4.69, 9.17) is 16.0 Å². The monoisotopic (exact) mass is 152 g/mol. The van der Waals surface area contributed by atoms with E-state index in [2.05, 4.69) is 0 Å². The quantitative estimate of drug-likeness (QED) is 0.566. The van der Waals surface area contributed by atoms with E-state index >= 15 is 0 Å². The summed E-state index contributed by atoms with van der Waals surface area (Å²) in [6.45, 7) is 0. The number of fused-ring (bicyclic) bond motifs is 1. The molecule has 2 heteroatoms. The van der Waals surface area contributed by atoms with Gasteiger partial charge in [0.2, 0.25) is 0 Å². The molecule has 50 valence electrons. The Morgan fingerprint density at radius 1 is 1.20 bits per heavy atom. The van der Waals surface area contributed by atoms with Crippen LogP contribution in [0, 0.1) is 0 Å². The summed E-state index contributed by atoms with van der Waals surface area (Å²) < 4.78 is 4.96. The van der Waals surface area contributed by atoms with Crippen molar-refractivity contribution >= 4 is 11.6 Å². The SMILES string of the molecule is Clc1cc2cccc-2co1. The van der Waals surface area contributed by atoms with E-state index in [0.29, 0.717) is 5.22 Å². The van der Waals surface area contributed by atoms with Crippen LogP contribution in [0.25, 0.3) is 11.1 Å². The average molecular weight is 153 g/mol. The molecule has 0 unspecified atom stereocenters. The summed E-state index contributed by atoms with van der Waals surface area (Å²) in [5.74, 6) is 0. The maximum Gasteiger partial charge on any atom is 0.193 e. The highest BCUT2D eigenvalue weighted by Gasteiger charge is 2.01. The van der Waals surface area contributed by atoms with E-state index in [1.54, 1.807) is 12.3 Å². The molecule has 1 aliphatic heterocycles. The molecular formula is C8H5ClO. The molecule has 1 aliphatic carbocycles. The van der Waals surface area contributed by atoms with Gasteiger partial charge in [0.15, 0.2) is 5.22 Å². The minimum Gasteiger partial charge on any atom is -0.452 e. The van der Waals surface area contributed by atoms with Crippen molar-refractivity contribution in [2.24, 2.45) is 0 Å². The molecule has 0 spiro atoms. The molecule has 0 saturated heterocycles. The summed E-state index contributed by atoms with van der Waals surface area (Å²) in [5, 5.41) is 0.429. The molecule has 0 amide bonds. The largest absolute Gasteiger partial charge is 0.452 e. The van der Waals surface area contributed by atoms with Gasteiger partial charge < -0.3 is 4.42 Å². The van der Waals surface area contributed by atoms with Gasteiger partial charge >= 0.3 is 0 Å². The smallest absolute Gasteiger partial charge is 0.193 e. The fraction of sp³-hybridized carbons (Fsp3) is 0. The zero-order chi connectivity index (χ0) is 6.97. The Morgan fingerprint density at radius 3 is 2.90 bits per heavy atom. The first kappa shape index (κ1) is 5.81. The fourth-order valence-corrected chi connectivity index (χ4v) is 1.12. The Morgan fingerprint density at radius 2 is 2.00 bits per heavy atom. The predicted octanol–water partition coefficient (Wildman–Crippen LogP) is 3.04. The van der Waals surface area contributed by atoms with Crippen molar-refractivity contribution in [1.82, 2.24) is 0 Å². The summed E-state index contributed by atoms with van der Waals surface area (Å²) in [4.78, 5) is 0. The maximum absolute atomic E-state index is 5.61. The summed E-state index contributed by atoms with van der Waals surface area (Å²) >= 11 is 5.61. The van der Waals surface area contributed by atoms with Gasteiger partial charge in [-0.1, -0.05) is 18.2 Å². The van der Waals surface area contributed by atoms with Crippen LogP contribution < -0.4 is 0 Å². The van der Waals surface area contributed by atoms with Crippen LogP contribution in [0.5, 0.6) is 0 Å². The van der Waals surface area contributed by atoms with E-state index in [9.17, 15) is 0 Å². The molecule has 0 aromatic rings. The molecule has 2 rings (SSSR count). The van der Waals surface area contributed by atoms with Gasteiger partial charge in [-0.2, -0.15) is 0 Å². The molecule has 10 heavy (non-hydrogen) atoms. The highest BCUT2D eigenvalue weighted by atomic mass is 35.5. The van der Waals surface area contributed by atoms with Gasteiger partial charge in [-0.3, -0.25) is 0 Å². The normalized spacial score (nSPS) is 10.5. The van der Waals surface area contributed by atoms with Crippen LogP contribution in [0.3, 0.4) is 0 Å². The summed E-state index contributed by atoms with van der Waals surface area (Å²) in [5.41, 5.74) is 2.21.